The number of amides is 1. The van der Waals surface area contributed by atoms with Crippen LogP contribution in [0.2, 0.25) is 0 Å². The van der Waals surface area contributed by atoms with Crippen LogP contribution in [0.25, 0.3) is 0 Å². The third-order valence-corrected chi connectivity index (χ3v) is 5.31. The van der Waals surface area contributed by atoms with Crippen LogP contribution in [-0.4, -0.2) is 66.8 Å². The predicted molar refractivity (Wildman–Crippen MR) is 98.8 cm³/mol. The van der Waals surface area contributed by atoms with Gasteiger partial charge >= 0.3 is 6.09 Å². The molecule has 2 fully saturated rings. The van der Waals surface area contributed by atoms with Crippen molar-refractivity contribution in [3.63, 3.8) is 0 Å². The summed E-state index contributed by atoms with van der Waals surface area (Å²) < 4.78 is 5.09. The van der Waals surface area contributed by atoms with Crippen molar-refractivity contribution >= 4 is 11.9 Å². The van der Waals surface area contributed by atoms with Gasteiger partial charge in [-0.3, -0.25) is 4.90 Å². The van der Waals surface area contributed by atoms with E-state index < -0.39 is 0 Å². The van der Waals surface area contributed by atoms with Crippen LogP contribution < -0.4 is 4.90 Å². The van der Waals surface area contributed by atoms with Crippen LogP contribution in [0.4, 0.5) is 10.6 Å². The third kappa shape index (κ3) is 4.63. The number of rotatable bonds is 5. The second-order valence-corrected chi connectivity index (χ2v) is 7.04. The molecule has 2 aliphatic heterocycles. The zero-order chi connectivity index (χ0) is 17.6. The van der Waals surface area contributed by atoms with E-state index in [0.29, 0.717) is 6.61 Å². The fraction of sp³-hybridized carbons (Fsp3) is 0.684. The molecule has 0 N–H and O–H groups in total. The highest BCUT2D eigenvalue weighted by Gasteiger charge is 2.26. The average Bonchev–Trinajstić information content (AvgIpc) is 3.17. The fourth-order valence-electron chi connectivity index (χ4n) is 3.74. The Morgan fingerprint density at radius 1 is 1.24 bits per heavy atom. The van der Waals surface area contributed by atoms with Gasteiger partial charge in [-0.2, -0.15) is 0 Å². The Bertz CT molecular complexity index is 549. The number of hydrogen-bond acceptors (Lipinski definition) is 5. The molecular formula is C19H30N4O2. The maximum atomic E-state index is 11.8. The summed E-state index contributed by atoms with van der Waals surface area (Å²) in [7, 11) is 1.85. The van der Waals surface area contributed by atoms with Crippen molar-refractivity contribution in [2.24, 2.45) is 0 Å². The standard InChI is InChI=1S/C19H30N4O2/c1-3-25-19(24)21(2)17-8-12-22(13-9-17)15-16-6-7-18(20-14-16)23-10-4-5-11-23/h6-7,14,17H,3-5,8-13,15H2,1-2H3. The largest absolute Gasteiger partial charge is 0.450 e. The number of carbonyl (C=O) groups is 1. The summed E-state index contributed by atoms with van der Waals surface area (Å²) in [6, 6.07) is 4.64. The molecule has 25 heavy (non-hydrogen) atoms. The number of pyridine rings is 1. The first-order chi connectivity index (χ1) is 12.2. The second kappa shape index (κ2) is 8.52. The van der Waals surface area contributed by atoms with Gasteiger partial charge in [-0.25, -0.2) is 9.78 Å². The Hall–Kier alpha value is -1.82. The van der Waals surface area contributed by atoms with E-state index in [1.807, 2.05) is 20.2 Å². The molecule has 0 atom stereocenters. The monoisotopic (exact) mass is 346 g/mol. The van der Waals surface area contributed by atoms with Gasteiger partial charge in [0, 0.05) is 52.0 Å². The number of likely N-dealkylation sites (tertiary alicyclic amines) is 1. The first-order valence-corrected chi connectivity index (χ1v) is 9.49. The Balaban J connectivity index is 1.46. The van der Waals surface area contributed by atoms with Gasteiger partial charge in [0.2, 0.25) is 0 Å². The van der Waals surface area contributed by atoms with Gasteiger partial charge in [0.25, 0.3) is 0 Å². The molecule has 0 aromatic carbocycles. The normalized spacial score (nSPS) is 19.2. The molecule has 1 amide bonds. The van der Waals surface area contributed by atoms with Gasteiger partial charge in [0.05, 0.1) is 6.61 Å². The Morgan fingerprint density at radius 2 is 1.96 bits per heavy atom. The lowest BCUT2D eigenvalue weighted by Gasteiger charge is -2.36. The summed E-state index contributed by atoms with van der Waals surface area (Å²) in [6.07, 6.45) is 6.35. The van der Waals surface area contributed by atoms with E-state index >= 15 is 0 Å². The van der Waals surface area contributed by atoms with Crippen LogP contribution in [0.15, 0.2) is 18.3 Å². The first-order valence-electron chi connectivity index (χ1n) is 9.49. The van der Waals surface area contributed by atoms with Crippen LogP contribution in [0.5, 0.6) is 0 Å². The molecule has 0 saturated carbocycles. The summed E-state index contributed by atoms with van der Waals surface area (Å²) in [4.78, 5) is 23.0. The molecule has 6 heteroatoms. The zero-order valence-electron chi connectivity index (χ0n) is 15.5. The number of ether oxygens (including phenoxy) is 1. The molecule has 3 rings (SSSR count). The first kappa shape index (κ1) is 18.0. The molecule has 0 unspecified atom stereocenters. The molecule has 2 aliphatic rings. The number of piperidine rings is 1. The number of aromatic nitrogens is 1. The number of hydrogen-bond donors (Lipinski definition) is 0. The summed E-state index contributed by atoms with van der Waals surface area (Å²) in [5, 5.41) is 0. The molecule has 0 radical (unpaired) electrons. The van der Waals surface area contributed by atoms with E-state index in [2.05, 4.69) is 26.9 Å². The SMILES string of the molecule is CCOC(=O)N(C)C1CCN(Cc2ccc(N3CCCC3)nc2)CC1. The van der Waals surface area contributed by atoms with Crippen LogP contribution in [0.1, 0.15) is 38.2 Å². The predicted octanol–water partition coefficient (Wildman–Crippen LogP) is 2.73. The second-order valence-electron chi connectivity index (χ2n) is 7.04. The Kier molecular flexibility index (Phi) is 6.13. The average molecular weight is 346 g/mol. The molecule has 3 heterocycles. The molecule has 0 spiro atoms. The fourth-order valence-corrected chi connectivity index (χ4v) is 3.74. The molecule has 1 aromatic rings. The molecule has 2 saturated heterocycles. The third-order valence-electron chi connectivity index (χ3n) is 5.31. The van der Waals surface area contributed by atoms with Crippen molar-refractivity contribution in [1.82, 2.24) is 14.8 Å². The van der Waals surface area contributed by atoms with Crippen molar-refractivity contribution in [2.45, 2.75) is 45.2 Å². The Morgan fingerprint density at radius 3 is 2.56 bits per heavy atom. The van der Waals surface area contributed by atoms with Crippen molar-refractivity contribution < 1.29 is 9.53 Å². The maximum Gasteiger partial charge on any atom is 0.409 e. The maximum absolute atomic E-state index is 11.8. The van der Waals surface area contributed by atoms with E-state index in [9.17, 15) is 4.79 Å². The lowest BCUT2D eigenvalue weighted by molar-refractivity contribution is 0.0789. The molecule has 0 bridgehead atoms. The zero-order valence-corrected chi connectivity index (χ0v) is 15.5. The number of carbonyl (C=O) groups excluding carboxylic acids is 1. The number of nitrogens with zero attached hydrogens (tertiary/aromatic N) is 4. The van der Waals surface area contributed by atoms with Gasteiger partial charge in [-0.15, -0.1) is 0 Å². The minimum absolute atomic E-state index is 0.206. The summed E-state index contributed by atoms with van der Waals surface area (Å²) in [5.41, 5.74) is 1.26. The number of anilines is 1. The molecule has 138 valence electrons. The van der Waals surface area contributed by atoms with Gasteiger partial charge in [0.15, 0.2) is 0 Å². The highest BCUT2D eigenvalue weighted by atomic mass is 16.6. The van der Waals surface area contributed by atoms with E-state index in [0.717, 1.165) is 51.4 Å². The van der Waals surface area contributed by atoms with Crippen LogP contribution in [0, 0.1) is 0 Å². The molecular weight excluding hydrogens is 316 g/mol. The van der Waals surface area contributed by atoms with E-state index in [-0.39, 0.29) is 12.1 Å². The molecule has 6 nitrogen and oxygen atoms in total. The minimum Gasteiger partial charge on any atom is -0.450 e. The topological polar surface area (TPSA) is 48.9 Å². The van der Waals surface area contributed by atoms with Crippen molar-refractivity contribution in [3.05, 3.63) is 23.9 Å². The van der Waals surface area contributed by atoms with E-state index in [1.54, 1.807) is 4.90 Å². The van der Waals surface area contributed by atoms with Crippen LogP contribution in [0.3, 0.4) is 0 Å². The van der Waals surface area contributed by atoms with Crippen molar-refractivity contribution in [1.29, 1.82) is 0 Å². The highest BCUT2D eigenvalue weighted by molar-refractivity contribution is 5.67. The van der Waals surface area contributed by atoms with Crippen LogP contribution >= 0.6 is 0 Å². The molecule has 1 aromatic heterocycles. The molecule has 0 aliphatic carbocycles. The lowest BCUT2D eigenvalue weighted by atomic mass is 10.0. The van der Waals surface area contributed by atoms with E-state index in [4.69, 9.17) is 4.74 Å². The summed E-state index contributed by atoms with van der Waals surface area (Å²) in [5.74, 6) is 1.11. The van der Waals surface area contributed by atoms with E-state index in [1.165, 1.54) is 18.4 Å². The summed E-state index contributed by atoms with van der Waals surface area (Å²) in [6.45, 7) is 7.48. The van der Waals surface area contributed by atoms with Crippen molar-refractivity contribution in [3.8, 4) is 0 Å². The lowest BCUT2D eigenvalue weighted by Crippen LogP contribution is -2.45. The van der Waals surface area contributed by atoms with Crippen molar-refractivity contribution in [2.75, 3.05) is 44.7 Å². The van der Waals surface area contributed by atoms with Gasteiger partial charge < -0.3 is 14.5 Å². The minimum atomic E-state index is -0.206. The van der Waals surface area contributed by atoms with Gasteiger partial charge in [-0.1, -0.05) is 6.07 Å². The quantitative estimate of drug-likeness (QED) is 0.820. The Labute approximate surface area is 150 Å². The van der Waals surface area contributed by atoms with Crippen LogP contribution in [-0.2, 0) is 11.3 Å². The van der Waals surface area contributed by atoms with Gasteiger partial charge in [-0.05, 0) is 44.2 Å². The highest BCUT2D eigenvalue weighted by Crippen LogP contribution is 2.20. The summed E-state index contributed by atoms with van der Waals surface area (Å²) >= 11 is 0. The smallest absolute Gasteiger partial charge is 0.409 e. The van der Waals surface area contributed by atoms with Gasteiger partial charge in [0.1, 0.15) is 5.82 Å².